The highest BCUT2D eigenvalue weighted by Crippen LogP contribution is 2.26. The molecule has 1 aliphatic rings. The quantitative estimate of drug-likeness (QED) is 0.642. The van der Waals surface area contributed by atoms with Crippen molar-refractivity contribution < 1.29 is 5.76 Å². The molecule has 0 radical (unpaired) electrons. The van der Waals surface area contributed by atoms with Crippen LogP contribution in [0.5, 0.6) is 0 Å². The van der Waals surface area contributed by atoms with E-state index in [9.17, 15) is 4.39 Å². The smallest absolute Gasteiger partial charge is 0.146 e. The molecule has 1 aromatic carbocycles. The van der Waals surface area contributed by atoms with Gasteiger partial charge >= 0.3 is 0 Å². The maximum absolute atomic E-state index is 13.5. The second-order valence-corrected chi connectivity index (χ2v) is 3.43. The molecule has 1 heterocycles. The zero-order valence-electron chi connectivity index (χ0n) is 8.76. The van der Waals surface area contributed by atoms with Gasteiger partial charge in [-0.25, -0.2) is 4.39 Å². The molecule has 1 saturated heterocycles. The van der Waals surface area contributed by atoms with Crippen LogP contribution in [0.1, 0.15) is 19.8 Å². The molecular formula is C11H14FN. The van der Waals surface area contributed by atoms with Crippen molar-refractivity contribution in [2.75, 3.05) is 18.0 Å². The van der Waals surface area contributed by atoms with Crippen LogP contribution in [-0.4, -0.2) is 13.1 Å². The van der Waals surface area contributed by atoms with Crippen molar-refractivity contribution in [3.8, 4) is 0 Å². The van der Waals surface area contributed by atoms with Gasteiger partial charge in [0.05, 0.1) is 5.69 Å². The summed E-state index contributed by atoms with van der Waals surface area (Å²) in [5, 5.41) is 0. The Morgan fingerprint density at radius 1 is 1.46 bits per heavy atom. The molecule has 13 heavy (non-hydrogen) atoms. The summed E-state index contributed by atoms with van der Waals surface area (Å²) in [5.74, 6) is -0.167. The number of rotatable bonds is 1. The van der Waals surface area contributed by atoms with E-state index >= 15 is 0 Å². The van der Waals surface area contributed by atoms with Gasteiger partial charge in [0.1, 0.15) is 5.82 Å². The molecule has 2 heteroatoms. The summed E-state index contributed by atoms with van der Waals surface area (Å²) >= 11 is 0. The third-order valence-electron chi connectivity index (χ3n) is 2.46. The summed E-state index contributed by atoms with van der Waals surface area (Å²) < 4.78 is 21.1. The van der Waals surface area contributed by atoms with Gasteiger partial charge in [-0.1, -0.05) is 12.1 Å². The fraction of sp³-hybridized carbons (Fsp3) is 0.455. The molecule has 1 fully saturated rings. The van der Waals surface area contributed by atoms with Gasteiger partial charge in [0.2, 0.25) is 0 Å². The van der Waals surface area contributed by atoms with E-state index in [1.807, 2.05) is 17.9 Å². The summed E-state index contributed by atoms with van der Waals surface area (Å²) in [7, 11) is 0. The van der Waals surface area contributed by atoms with Gasteiger partial charge in [-0.15, -0.1) is 0 Å². The maximum atomic E-state index is 13.5. The monoisotopic (exact) mass is 180 g/mol. The van der Waals surface area contributed by atoms with Crippen molar-refractivity contribution in [1.82, 2.24) is 0 Å². The number of halogens is 1. The Morgan fingerprint density at radius 3 is 2.92 bits per heavy atom. The van der Waals surface area contributed by atoms with Crippen LogP contribution in [-0.2, 0) is 0 Å². The van der Waals surface area contributed by atoms with Crippen LogP contribution >= 0.6 is 0 Å². The van der Waals surface area contributed by atoms with E-state index in [0.29, 0.717) is 12.2 Å². The highest BCUT2D eigenvalue weighted by Gasteiger charge is 2.17. The lowest BCUT2D eigenvalue weighted by Gasteiger charge is -2.20. The van der Waals surface area contributed by atoms with Crippen LogP contribution in [0.25, 0.3) is 0 Å². The Kier molecular flexibility index (Phi) is 1.91. The predicted molar refractivity (Wildman–Crippen MR) is 52.6 cm³/mol. The van der Waals surface area contributed by atoms with Crippen molar-refractivity contribution >= 4 is 5.69 Å². The minimum Gasteiger partial charge on any atom is -0.369 e. The molecule has 70 valence electrons. The molecule has 1 aliphatic heterocycles. The largest absolute Gasteiger partial charge is 0.369 e. The van der Waals surface area contributed by atoms with Gasteiger partial charge in [0.25, 0.3) is 0 Å². The number of anilines is 1. The summed E-state index contributed by atoms with van der Waals surface area (Å²) in [4.78, 5) is 1.97. The number of para-hydroxylation sites is 1. The van der Waals surface area contributed by atoms with Crippen molar-refractivity contribution in [2.24, 2.45) is 0 Å². The van der Waals surface area contributed by atoms with Gasteiger partial charge in [-0.3, -0.25) is 0 Å². The average molecular weight is 180 g/mol. The fourth-order valence-corrected chi connectivity index (χ4v) is 1.81. The second kappa shape index (κ2) is 3.36. The molecule has 0 amide bonds. The van der Waals surface area contributed by atoms with E-state index in [4.69, 9.17) is 1.37 Å². The molecule has 0 aliphatic carbocycles. The zero-order valence-corrected chi connectivity index (χ0v) is 7.76. The molecular weight excluding hydrogens is 165 g/mol. The standard InChI is InChI=1S/C11H14FN/c1-9-5-4-6-10(12)11(9)13-7-2-3-8-13/h4-6H,2-3,7-8H2,1H3/i2D/t2-/m1/s1. The molecule has 0 aromatic heterocycles. The Hall–Kier alpha value is -1.05. The number of hydrogen-bond acceptors (Lipinski definition) is 1. The Bertz CT molecular complexity index is 320. The highest BCUT2D eigenvalue weighted by molar-refractivity contribution is 5.54. The minimum absolute atomic E-state index is 0.0611. The van der Waals surface area contributed by atoms with E-state index in [1.165, 1.54) is 6.07 Å². The van der Waals surface area contributed by atoms with Crippen LogP contribution in [0, 0.1) is 12.7 Å². The Morgan fingerprint density at radius 2 is 2.31 bits per heavy atom. The Balaban J connectivity index is 2.31. The third-order valence-corrected chi connectivity index (χ3v) is 2.46. The number of aryl methyl sites for hydroxylation is 1. The molecule has 0 spiro atoms. The fourth-order valence-electron chi connectivity index (χ4n) is 1.81. The van der Waals surface area contributed by atoms with Gasteiger partial charge in [-0.05, 0) is 31.4 Å². The van der Waals surface area contributed by atoms with Gasteiger partial charge in [-0.2, -0.15) is 0 Å². The van der Waals surface area contributed by atoms with Crippen molar-refractivity contribution in [3.05, 3.63) is 29.6 Å². The van der Waals surface area contributed by atoms with Crippen LogP contribution < -0.4 is 4.90 Å². The van der Waals surface area contributed by atoms with E-state index in [0.717, 1.165) is 18.5 Å². The number of benzene rings is 1. The van der Waals surface area contributed by atoms with Gasteiger partial charge in [0.15, 0.2) is 0 Å². The van der Waals surface area contributed by atoms with Gasteiger partial charge in [0, 0.05) is 14.5 Å². The van der Waals surface area contributed by atoms with Crippen LogP contribution in [0.2, 0.25) is 0 Å². The summed E-state index contributed by atoms with van der Waals surface area (Å²) in [6.07, 6.45) is 0.780. The molecule has 0 saturated carbocycles. The lowest BCUT2D eigenvalue weighted by atomic mass is 10.2. The van der Waals surface area contributed by atoms with Crippen LogP contribution in [0.4, 0.5) is 10.1 Å². The summed E-state index contributed by atoms with van der Waals surface area (Å²) in [6, 6.07) is 5.12. The van der Waals surface area contributed by atoms with Crippen molar-refractivity contribution in [1.29, 1.82) is 0 Å². The van der Waals surface area contributed by atoms with Crippen molar-refractivity contribution in [3.63, 3.8) is 0 Å². The minimum atomic E-state index is -0.167. The maximum Gasteiger partial charge on any atom is 0.146 e. The molecule has 0 N–H and O–H groups in total. The van der Waals surface area contributed by atoms with Crippen LogP contribution in [0.3, 0.4) is 0 Å². The van der Waals surface area contributed by atoms with Crippen molar-refractivity contribution in [2.45, 2.75) is 19.7 Å². The molecule has 0 unspecified atom stereocenters. The number of nitrogens with zero attached hydrogens (tertiary/aromatic N) is 1. The normalized spacial score (nSPS) is 23.4. The van der Waals surface area contributed by atoms with E-state index < -0.39 is 0 Å². The first kappa shape index (κ1) is 7.36. The van der Waals surface area contributed by atoms with E-state index in [1.54, 1.807) is 6.07 Å². The lowest BCUT2D eigenvalue weighted by molar-refractivity contribution is 0.622. The Labute approximate surface area is 79.6 Å². The SMILES string of the molecule is [2H][C@@H]1CCN(c2c(C)cccc2F)C1. The first-order valence-corrected chi connectivity index (χ1v) is 4.61. The molecule has 0 bridgehead atoms. The van der Waals surface area contributed by atoms with E-state index in [-0.39, 0.29) is 12.2 Å². The molecule has 1 atom stereocenters. The third kappa shape index (κ3) is 1.53. The first-order valence-electron chi connectivity index (χ1n) is 5.18. The summed E-state index contributed by atoms with van der Waals surface area (Å²) in [6.45, 7) is 3.37. The van der Waals surface area contributed by atoms with E-state index in [2.05, 4.69) is 0 Å². The molecule has 1 nitrogen and oxygen atoms in total. The molecule has 2 rings (SSSR count). The number of hydrogen-bond donors (Lipinski definition) is 0. The summed E-state index contributed by atoms with van der Waals surface area (Å²) in [5.41, 5.74) is 1.64. The van der Waals surface area contributed by atoms with Gasteiger partial charge < -0.3 is 4.90 Å². The predicted octanol–water partition coefficient (Wildman–Crippen LogP) is 2.73. The zero-order chi connectivity index (χ0) is 10.1. The molecule has 1 aromatic rings. The topological polar surface area (TPSA) is 3.24 Å². The lowest BCUT2D eigenvalue weighted by Crippen LogP contribution is -2.19. The highest BCUT2D eigenvalue weighted by atomic mass is 19.1. The second-order valence-electron chi connectivity index (χ2n) is 3.43. The van der Waals surface area contributed by atoms with Crippen LogP contribution in [0.15, 0.2) is 18.2 Å². The average Bonchev–Trinajstić information content (AvgIpc) is 2.51. The first-order chi connectivity index (χ1) is 6.68.